The van der Waals surface area contributed by atoms with Crippen LogP contribution < -0.4 is 5.32 Å². The van der Waals surface area contributed by atoms with Crippen molar-refractivity contribution in [1.82, 2.24) is 10.2 Å². The summed E-state index contributed by atoms with van der Waals surface area (Å²) in [5.74, 6) is -0.218. The summed E-state index contributed by atoms with van der Waals surface area (Å²) >= 11 is 0. The summed E-state index contributed by atoms with van der Waals surface area (Å²) < 4.78 is 5.09. The lowest BCUT2D eigenvalue weighted by atomic mass is 10.0. The molecule has 0 aliphatic carbocycles. The molecule has 0 radical (unpaired) electrons. The van der Waals surface area contributed by atoms with Crippen LogP contribution in [-0.2, 0) is 4.79 Å². The van der Waals surface area contributed by atoms with Crippen molar-refractivity contribution >= 4 is 11.8 Å². The number of nitrogens with one attached hydrogen (secondary N) is 1. The second kappa shape index (κ2) is 6.38. The normalized spacial score (nSPS) is 19.2. The molecule has 6 heteroatoms. The summed E-state index contributed by atoms with van der Waals surface area (Å²) in [5.41, 5.74) is 0. The predicted molar refractivity (Wildman–Crippen MR) is 67.5 cm³/mol. The van der Waals surface area contributed by atoms with E-state index in [-0.39, 0.29) is 30.7 Å². The molecule has 0 spiro atoms. The van der Waals surface area contributed by atoms with E-state index in [1.165, 1.54) is 6.26 Å². The van der Waals surface area contributed by atoms with Gasteiger partial charge >= 0.3 is 0 Å². The molecular formula is C13H18N2O4. The SMILES string of the molecule is O=C(NCCO)C1CCCCN1C(=O)c1ccco1. The molecule has 0 saturated carbocycles. The van der Waals surface area contributed by atoms with Crippen LogP contribution in [0.4, 0.5) is 0 Å². The summed E-state index contributed by atoms with van der Waals surface area (Å²) in [4.78, 5) is 25.8. The number of aliphatic hydroxyl groups is 1. The second-order valence-electron chi connectivity index (χ2n) is 4.50. The Morgan fingerprint density at radius 1 is 1.47 bits per heavy atom. The number of nitrogens with zero attached hydrogens (tertiary/aromatic N) is 1. The van der Waals surface area contributed by atoms with Gasteiger partial charge < -0.3 is 19.7 Å². The monoisotopic (exact) mass is 266 g/mol. The zero-order valence-corrected chi connectivity index (χ0v) is 10.7. The van der Waals surface area contributed by atoms with Gasteiger partial charge in [0, 0.05) is 13.1 Å². The molecule has 19 heavy (non-hydrogen) atoms. The number of furan rings is 1. The van der Waals surface area contributed by atoms with Gasteiger partial charge in [-0.15, -0.1) is 0 Å². The van der Waals surface area contributed by atoms with E-state index in [0.717, 1.165) is 12.8 Å². The van der Waals surface area contributed by atoms with Gasteiger partial charge in [0.25, 0.3) is 5.91 Å². The summed E-state index contributed by atoms with van der Waals surface area (Å²) in [5, 5.41) is 11.3. The van der Waals surface area contributed by atoms with Gasteiger partial charge in [-0.3, -0.25) is 9.59 Å². The van der Waals surface area contributed by atoms with Crippen LogP contribution in [0.2, 0.25) is 0 Å². The minimum Gasteiger partial charge on any atom is -0.459 e. The van der Waals surface area contributed by atoms with Crippen LogP contribution in [0.3, 0.4) is 0 Å². The van der Waals surface area contributed by atoms with Crippen LogP contribution in [0, 0.1) is 0 Å². The third-order valence-corrected chi connectivity index (χ3v) is 3.21. The maximum absolute atomic E-state index is 12.3. The van der Waals surface area contributed by atoms with Gasteiger partial charge in [0.15, 0.2) is 5.76 Å². The molecule has 6 nitrogen and oxygen atoms in total. The zero-order chi connectivity index (χ0) is 13.7. The van der Waals surface area contributed by atoms with Crippen molar-refractivity contribution in [1.29, 1.82) is 0 Å². The van der Waals surface area contributed by atoms with Gasteiger partial charge in [0.05, 0.1) is 12.9 Å². The average molecular weight is 266 g/mol. The van der Waals surface area contributed by atoms with Gasteiger partial charge in [-0.05, 0) is 31.4 Å². The number of hydrogen-bond acceptors (Lipinski definition) is 4. The first kappa shape index (κ1) is 13.6. The molecule has 1 aliphatic rings. The van der Waals surface area contributed by atoms with E-state index >= 15 is 0 Å². The maximum atomic E-state index is 12.3. The third kappa shape index (κ3) is 3.14. The van der Waals surface area contributed by atoms with Crippen LogP contribution in [0.25, 0.3) is 0 Å². The van der Waals surface area contributed by atoms with Crippen molar-refractivity contribution in [3.8, 4) is 0 Å². The first-order chi connectivity index (χ1) is 9.24. The van der Waals surface area contributed by atoms with Gasteiger partial charge in [-0.2, -0.15) is 0 Å². The number of piperidine rings is 1. The Morgan fingerprint density at radius 3 is 3.00 bits per heavy atom. The number of hydrogen-bond donors (Lipinski definition) is 2. The highest BCUT2D eigenvalue weighted by atomic mass is 16.3. The van der Waals surface area contributed by atoms with Crippen molar-refractivity contribution in [2.45, 2.75) is 25.3 Å². The van der Waals surface area contributed by atoms with Crippen LogP contribution in [0.1, 0.15) is 29.8 Å². The fraction of sp³-hybridized carbons (Fsp3) is 0.538. The van der Waals surface area contributed by atoms with Gasteiger partial charge in [-0.25, -0.2) is 0 Å². The number of likely N-dealkylation sites (tertiary alicyclic amines) is 1. The molecule has 104 valence electrons. The maximum Gasteiger partial charge on any atom is 0.290 e. The Morgan fingerprint density at radius 2 is 2.32 bits per heavy atom. The molecule has 2 rings (SSSR count). The molecule has 1 aromatic heterocycles. The third-order valence-electron chi connectivity index (χ3n) is 3.21. The topological polar surface area (TPSA) is 82.8 Å². The molecule has 2 N–H and O–H groups in total. The minimum atomic E-state index is -0.474. The molecule has 1 saturated heterocycles. The van der Waals surface area contributed by atoms with Crippen LogP contribution in [-0.4, -0.2) is 47.6 Å². The van der Waals surface area contributed by atoms with Crippen molar-refractivity contribution in [2.24, 2.45) is 0 Å². The molecule has 1 fully saturated rings. The molecule has 2 heterocycles. The highest BCUT2D eigenvalue weighted by molar-refractivity contribution is 5.95. The smallest absolute Gasteiger partial charge is 0.290 e. The Bertz CT molecular complexity index is 430. The zero-order valence-electron chi connectivity index (χ0n) is 10.7. The number of aliphatic hydroxyl groups excluding tert-OH is 1. The number of carbonyl (C=O) groups is 2. The Labute approximate surface area is 111 Å². The van der Waals surface area contributed by atoms with E-state index in [1.54, 1.807) is 17.0 Å². The number of amides is 2. The predicted octanol–water partition coefficient (Wildman–Crippen LogP) is 0.383. The molecular weight excluding hydrogens is 248 g/mol. The van der Waals surface area contributed by atoms with Gasteiger partial charge in [0.1, 0.15) is 6.04 Å². The Hall–Kier alpha value is -1.82. The quantitative estimate of drug-likeness (QED) is 0.825. The summed E-state index contributed by atoms with van der Waals surface area (Å²) in [6, 6.07) is 2.77. The van der Waals surface area contributed by atoms with E-state index < -0.39 is 6.04 Å². The van der Waals surface area contributed by atoms with Crippen LogP contribution in [0.15, 0.2) is 22.8 Å². The fourth-order valence-electron chi connectivity index (χ4n) is 2.29. The lowest BCUT2D eigenvalue weighted by Crippen LogP contribution is -2.52. The lowest BCUT2D eigenvalue weighted by molar-refractivity contribution is -0.126. The van der Waals surface area contributed by atoms with Crippen molar-refractivity contribution < 1.29 is 19.1 Å². The van der Waals surface area contributed by atoms with Crippen molar-refractivity contribution in [3.63, 3.8) is 0 Å². The van der Waals surface area contributed by atoms with Crippen molar-refractivity contribution in [2.75, 3.05) is 19.7 Å². The highest BCUT2D eigenvalue weighted by Gasteiger charge is 2.33. The first-order valence-electron chi connectivity index (χ1n) is 6.47. The molecule has 1 unspecified atom stereocenters. The highest BCUT2D eigenvalue weighted by Crippen LogP contribution is 2.20. The number of rotatable bonds is 4. The molecule has 1 aliphatic heterocycles. The fourth-order valence-corrected chi connectivity index (χ4v) is 2.29. The standard InChI is InChI=1S/C13H18N2O4/c16-8-6-14-12(17)10-4-1-2-7-15(10)13(18)11-5-3-9-19-11/h3,5,9-10,16H,1-2,4,6-8H2,(H,14,17). The van der Waals surface area contributed by atoms with E-state index in [9.17, 15) is 9.59 Å². The van der Waals surface area contributed by atoms with Crippen LogP contribution >= 0.6 is 0 Å². The van der Waals surface area contributed by atoms with E-state index in [1.807, 2.05) is 0 Å². The summed E-state index contributed by atoms with van der Waals surface area (Å²) in [6.45, 7) is 0.652. The van der Waals surface area contributed by atoms with Crippen LogP contribution in [0.5, 0.6) is 0 Å². The van der Waals surface area contributed by atoms with E-state index in [2.05, 4.69) is 5.32 Å². The number of carbonyl (C=O) groups excluding carboxylic acids is 2. The Balaban J connectivity index is 2.07. The van der Waals surface area contributed by atoms with Crippen molar-refractivity contribution in [3.05, 3.63) is 24.2 Å². The molecule has 0 bridgehead atoms. The molecule has 1 aromatic rings. The Kier molecular flexibility index (Phi) is 4.57. The molecule has 2 amide bonds. The van der Waals surface area contributed by atoms with Gasteiger partial charge in [-0.1, -0.05) is 0 Å². The summed E-state index contributed by atoms with van der Waals surface area (Å²) in [7, 11) is 0. The minimum absolute atomic E-state index is 0.107. The average Bonchev–Trinajstić information content (AvgIpc) is 2.98. The second-order valence-corrected chi connectivity index (χ2v) is 4.50. The lowest BCUT2D eigenvalue weighted by Gasteiger charge is -2.34. The molecule has 0 aromatic carbocycles. The first-order valence-corrected chi connectivity index (χ1v) is 6.47. The van der Waals surface area contributed by atoms with E-state index in [0.29, 0.717) is 13.0 Å². The van der Waals surface area contributed by atoms with Gasteiger partial charge in [0.2, 0.25) is 5.91 Å². The van der Waals surface area contributed by atoms with E-state index in [4.69, 9.17) is 9.52 Å². The largest absolute Gasteiger partial charge is 0.459 e. The molecule has 1 atom stereocenters. The summed E-state index contributed by atoms with van der Waals surface area (Å²) in [6.07, 6.45) is 3.89.